The summed E-state index contributed by atoms with van der Waals surface area (Å²) in [6.45, 7) is 9.28. The highest BCUT2D eigenvalue weighted by molar-refractivity contribution is 5.41. The summed E-state index contributed by atoms with van der Waals surface area (Å²) >= 11 is 0. The molecule has 0 aliphatic carbocycles. The monoisotopic (exact) mass is 280 g/mol. The van der Waals surface area contributed by atoms with Gasteiger partial charge >= 0.3 is 0 Å². The highest BCUT2D eigenvalue weighted by atomic mass is 16.5. The van der Waals surface area contributed by atoms with Gasteiger partial charge < -0.3 is 14.8 Å². The minimum Gasteiger partial charge on any atom is -0.496 e. The lowest BCUT2D eigenvalue weighted by Crippen LogP contribution is -2.42. The average molecular weight is 280 g/mol. The van der Waals surface area contributed by atoms with Crippen LogP contribution in [0.15, 0.2) is 6.20 Å². The molecule has 1 aromatic heterocycles. The fraction of sp³-hybridized carbons (Fsp3) is 0.688. The van der Waals surface area contributed by atoms with Gasteiger partial charge in [-0.1, -0.05) is 13.8 Å². The summed E-state index contributed by atoms with van der Waals surface area (Å²) in [6, 6.07) is 0.272. The van der Waals surface area contributed by atoms with Crippen LogP contribution in [0.3, 0.4) is 0 Å². The number of methoxy groups -OCH3 is 2. The smallest absolute Gasteiger partial charge is 0.128 e. The number of nitrogens with one attached hydrogen (secondary N) is 1. The van der Waals surface area contributed by atoms with Gasteiger partial charge in [-0.15, -0.1) is 0 Å². The van der Waals surface area contributed by atoms with E-state index in [0.717, 1.165) is 42.0 Å². The van der Waals surface area contributed by atoms with Gasteiger partial charge in [0.2, 0.25) is 0 Å². The molecule has 0 radical (unpaired) electrons. The standard InChI is InChI=1S/C16H28N2O2/c1-7-15(19-5)14(17-8-2)9-13-12(4)16(20-6)11(3)10-18-13/h10,14-15,17H,7-9H2,1-6H3. The molecule has 114 valence electrons. The summed E-state index contributed by atoms with van der Waals surface area (Å²) in [5.74, 6) is 0.940. The van der Waals surface area contributed by atoms with E-state index < -0.39 is 0 Å². The van der Waals surface area contributed by atoms with Crippen molar-refractivity contribution in [3.63, 3.8) is 0 Å². The number of aromatic nitrogens is 1. The molecule has 0 aliphatic heterocycles. The number of aryl methyl sites for hydroxylation is 1. The van der Waals surface area contributed by atoms with Crippen LogP contribution < -0.4 is 10.1 Å². The largest absolute Gasteiger partial charge is 0.496 e. The van der Waals surface area contributed by atoms with E-state index in [1.165, 1.54) is 0 Å². The molecule has 0 amide bonds. The Balaban J connectivity index is 2.99. The van der Waals surface area contributed by atoms with Crippen LogP contribution in [0.25, 0.3) is 0 Å². The Bertz CT molecular complexity index is 417. The maximum atomic E-state index is 5.59. The van der Waals surface area contributed by atoms with Crippen LogP contribution in [0, 0.1) is 13.8 Å². The Morgan fingerprint density at radius 3 is 2.45 bits per heavy atom. The number of likely N-dealkylation sites (N-methyl/N-ethyl adjacent to an activating group) is 1. The molecular weight excluding hydrogens is 252 g/mol. The molecule has 1 heterocycles. The second-order valence-corrected chi connectivity index (χ2v) is 5.10. The number of pyridine rings is 1. The van der Waals surface area contributed by atoms with Crippen molar-refractivity contribution in [1.82, 2.24) is 10.3 Å². The molecule has 1 aromatic rings. The first kappa shape index (κ1) is 16.9. The van der Waals surface area contributed by atoms with Gasteiger partial charge in [0.1, 0.15) is 5.75 Å². The quantitative estimate of drug-likeness (QED) is 0.795. The van der Waals surface area contributed by atoms with Gasteiger partial charge in [-0.3, -0.25) is 4.98 Å². The average Bonchev–Trinajstić information content (AvgIpc) is 2.44. The van der Waals surface area contributed by atoms with Gasteiger partial charge in [-0.2, -0.15) is 0 Å². The van der Waals surface area contributed by atoms with Crippen LogP contribution in [0.4, 0.5) is 0 Å². The Hall–Kier alpha value is -1.13. The topological polar surface area (TPSA) is 43.4 Å². The number of ether oxygens (including phenoxy) is 2. The Morgan fingerprint density at radius 2 is 1.95 bits per heavy atom. The minimum absolute atomic E-state index is 0.198. The SMILES string of the molecule is CCNC(Cc1ncc(C)c(OC)c1C)C(CC)OC. The van der Waals surface area contributed by atoms with E-state index in [1.54, 1.807) is 14.2 Å². The van der Waals surface area contributed by atoms with Gasteiger partial charge in [-0.05, 0) is 26.8 Å². The zero-order chi connectivity index (χ0) is 15.1. The fourth-order valence-electron chi connectivity index (χ4n) is 2.70. The highest BCUT2D eigenvalue weighted by Crippen LogP contribution is 2.25. The predicted molar refractivity (Wildman–Crippen MR) is 82.5 cm³/mol. The van der Waals surface area contributed by atoms with E-state index in [4.69, 9.17) is 9.47 Å². The molecule has 1 rings (SSSR count). The molecule has 0 aromatic carbocycles. The molecule has 0 saturated carbocycles. The number of hydrogen-bond acceptors (Lipinski definition) is 4. The van der Waals surface area contributed by atoms with Gasteiger partial charge in [0.05, 0.1) is 13.2 Å². The third-order valence-corrected chi connectivity index (χ3v) is 3.78. The Morgan fingerprint density at radius 1 is 1.25 bits per heavy atom. The summed E-state index contributed by atoms with van der Waals surface area (Å²) in [6.07, 6.45) is 3.92. The van der Waals surface area contributed by atoms with Crippen molar-refractivity contribution in [2.45, 2.75) is 52.7 Å². The molecule has 0 aliphatic rings. The lowest BCUT2D eigenvalue weighted by Gasteiger charge is -2.26. The lowest BCUT2D eigenvalue weighted by molar-refractivity contribution is 0.0655. The maximum Gasteiger partial charge on any atom is 0.128 e. The van der Waals surface area contributed by atoms with E-state index in [9.17, 15) is 0 Å². The predicted octanol–water partition coefficient (Wildman–Crippen LogP) is 2.65. The molecular formula is C16H28N2O2. The molecule has 0 fully saturated rings. The molecule has 2 unspecified atom stereocenters. The Labute approximate surface area is 122 Å². The Kier molecular flexibility index (Phi) is 6.96. The van der Waals surface area contributed by atoms with Gasteiger partial charge in [-0.25, -0.2) is 0 Å². The maximum absolute atomic E-state index is 5.59. The van der Waals surface area contributed by atoms with Crippen molar-refractivity contribution < 1.29 is 9.47 Å². The summed E-state index contributed by atoms with van der Waals surface area (Å²) < 4.78 is 11.1. The highest BCUT2D eigenvalue weighted by Gasteiger charge is 2.21. The second-order valence-electron chi connectivity index (χ2n) is 5.10. The minimum atomic E-state index is 0.198. The fourth-order valence-corrected chi connectivity index (χ4v) is 2.70. The normalized spacial score (nSPS) is 14.1. The van der Waals surface area contributed by atoms with E-state index in [0.29, 0.717) is 0 Å². The van der Waals surface area contributed by atoms with Crippen LogP contribution >= 0.6 is 0 Å². The third-order valence-electron chi connectivity index (χ3n) is 3.78. The molecule has 0 saturated heterocycles. The van der Waals surface area contributed by atoms with Gasteiger partial charge in [0.15, 0.2) is 0 Å². The van der Waals surface area contributed by atoms with Crippen molar-refractivity contribution in [1.29, 1.82) is 0 Å². The van der Waals surface area contributed by atoms with Crippen molar-refractivity contribution in [3.05, 3.63) is 23.0 Å². The summed E-state index contributed by atoms with van der Waals surface area (Å²) in [5.41, 5.74) is 3.28. The number of nitrogens with zero attached hydrogens (tertiary/aromatic N) is 1. The van der Waals surface area contributed by atoms with E-state index in [2.05, 4.69) is 31.1 Å². The molecule has 20 heavy (non-hydrogen) atoms. The zero-order valence-corrected chi connectivity index (χ0v) is 13.6. The molecule has 0 bridgehead atoms. The zero-order valence-electron chi connectivity index (χ0n) is 13.6. The second kappa shape index (κ2) is 8.22. The molecule has 4 heteroatoms. The van der Waals surface area contributed by atoms with Crippen molar-refractivity contribution in [2.75, 3.05) is 20.8 Å². The molecule has 2 atom stereocenters. The lowest BCUT2D eigenvalue weighted by atomic mass is 9.99. The van der Waals surface area contributed by atoms with E-state index in [-0.39, 0.29) is 12.1 Å². The van der Waals surface area contributed by atoms with Gasteiger partial charge in [0.25, 0.3) is 0 Å². The van der Waals surface area contributed by atoms with E-state index in [1.807, 2.05) is 13.1 Å². The number of hydrogen-bond donors (Lipinski definition) is 1. The van der Waals surface area contributed by atoms with Crippen LogP contribution in [-0.2, 0) is 11.2 Å². The van der Waals surface area contributed by atoms with Crippen LogP contribution in [-0.4, -0.2) is 37.9 Å². The van der Waals surface area contributed by atoms with Crippen molar-refractivity contribution >= 4 is 0 Å². The molecule has 4 nitrogen and oxygen atoms in total. The molecule has 1 N–H and O–H groups in total. The molecule has 0 spiro atoms. The van der Waals surface area contributed by atoms with Crippen molar-refractivity contribution in [2.24, 2.45) is 0 Å². The van der Waals surface area contributed by atoms with Crippen LogP contribution in [0.1, 0.15) is 37.1 Å². The van der Waals surface area contributed by atoms with E-state index >= 15 is 0 Å². The summed E-state index contributed by atoms with van der Waals surface area (Å²) in [7, 11) is 3.49. The van der Waals surface area contributed by atoms with Gasteiger partial charge in [0, 0.05) is 42.6 Å². The third kappa shape index (κ3) is 3.93. The summed E-state index contributed by atoms with van der Waals surface area (Å²) in [5, 5.41) is 3.51. The van der Waals surface area contributed by atoms with Crippen molar-refractivity contribution in [3.8, 4) is 5.75 Å². The first-order chi connectivity index (χ1) is 9.58. The van der Waals surface area contributed by atoms with Crippen LogP contribution in [0.2, 0.25) is 0 Å². The van der Waals surface area contributed by atoms with Crippen LogP contribution in [0.5, 0.6) is 5.75 Å². The first-order valence-electron chi connectivity index (χ1n) is 7.34. The summed E-state index contributed by atoms with van der Waals surface area (Å²) in [4.78, 5) is 4.58. The number of rotatable bonds is 8. The first-order valence-corrected chi connectivity index (χ1v) is 7.34.